The van der Waals surface area contributed by atoms with Gasteiger partial charge in [0.15, 0.2) is 0 Å². The molecule has 1 aliphatic carbocycles. The number of sulfonamides is 1. The van der Waals surface area contributed by atoms with Crippen LogP contribution in [0.15, 0.2) is 23.1 Å². The van der Waals surface area contributed by atoms with E-state index in [9.17, 15) is 8.42 Å². The van der Waals surface area contributed by atoms with E-state index in [0.29, 0.717) is 38.0 Å². The summed E-state index contributed by atoms with van der Waals surface area (Å²) in [6.07, 6.45) is 6.06. The summed E-state index contributed by atoms with van der Waals surface area (Å²) in [5.74, 6) is 0. The number of rotatable bonds is 4. The molecule has 23 heavy (non-hydrogen) atoms. The van der Waals surface area contributed by atoms with Crippen molar-refractivity contribution in [3.05, 3.63) is 18.2 Å². The number of nitrogens with zero attached hydrogens (tertiary/aromatic N) is 1. The Morgan fingerprint density at radius 2 is 1.83 bits per heavy atom. The molecule has 3 rings (SSSR count). The molecule has 3 N–H and O–H groups in total. The lowest BCUT2D eigenvalue weighted by molar-refractivity contribution is 0.0730. The van der Waals surface area contributed by atoms with Crippen molar-refractivity contribution in [1.29, 1.82) is 0 Å². The third kappa shape index (κ3) is 3.79. The molecule has 0 spiro atoms. The van der Waals surface area contributed by atoms with Crippen LogP contribution in [0.1, 0.15) is 32.1 Å². The summed E-state index contributed by atoms with van der Waals surface area (Å²) >= 11 is 0. The van der Waals surface area contributed by atoms with E-state index in [2.05, 4.69) is 5.32 Å². The number of benzene rings is 1. The number of ether oxygens (including phenoxy) is 1. The maximum Gasteiger partial charge on any atom is 0.243 e. The lowest BCUT2D eigenvalue weighted by Gasteiger charge is -2.27. The molecule has 0 atom stereocenters. The summed E-state index contributed by atoms with van der Waals surface area (Å²) in [7, 11) is -3.49. The minimum atomic E-state index is -3.49. The molecule has 7 heteroatoms. The zero-order valence-corrected chi connectivity index (χ0v) is 14.1. The maximum absolute atomic E-state index is 12.6. The number of hydrogen-bond acceptors (Lipinski definition) is 5. The fraction of sp³-hybridized carbons (Fsp3) is 0.625. The van der Waals surface area contributed by atoms with Crippen molar-refractivity contribution in [2.45, 2.75) is 43.0 Å². The molecular formula is C16H25N3O3S. The molecule has 1 aliphatic heterocycles. The average Bonchev–Trinajstić information content (AvgIpc) is 2.58. The van der Waals surface area contributed by atoms with Crippen LogP contribution >= 0.6 is 0 Å². The predicted molar refractivity (Wildman–Crippen MR) is 90.9 cm³/mol. The van der Waals surface area contributed by atoms with Crippen LogP contribution in [0.4, 0.5) is 11.4 Å². The zero-order chi connectivity index (χ0) is 16.3. The first kappa shape index (κ1) is 16.5. The van der Waals surface area contributed by atoms with Gasteiger partial charge in [-0.2, -0.15) is 4.31 Å². The van der Waals surface area contributed by atoms with Gasteiger partial charge in [-0.25, -0.2) is 8.42 Å². The van der Waals surface area contributed by atoms with Gasteiger partial charge in [0.25, 0.3) is 0 Å². The Balaban J connectivity index is 1.75. The highest BCUT2D eigenvalue weighted by Gasteiger charge is 2.27. The molecule has 6 nitrogen and oxygen atoms in total. The normalized spacial score (nSPS) is 21.2. The molecule has 0 bridgehead atoms. The SMILES string of the molecule is Nc1cc(S(=O)(=O)N2CCOCC2)ccc1NC1CCCCC1. The monoisotopic (exact) mass is 339 g/mol. The van der Waals surface area contributed by atoms with Crippen LogP contribution in [-0.4, -0.2) is 45.1 Å². The fourth-order valence-corrected chi connectivity index (χ4v) is 4.68. The number of anilines is 2. The van der Waals surface area contributed by atoms with Crippen LogP contribution in [0.25, 0.3) is 0 Å². The molecule has 0 unspecified atom stereocenters. The molecule has 1 saturated heterocycles. The van der Waals surface area contributed by atoms with Crippen LogP contribution in [0.2, 0.25) is 0 Å². The lowest BCUT2D eigenvalue weighted by atomic mass is 9.95. The van der Waals surface area contributed by atoms with Gasteiger partial charge in [-0.3, -0.25) is 0 Å². The summed E-state index contributed by atoms with van der Waals surface area (Å²) in [5.41, 5.74) is 7.42. The first-order chi connectivity index (χ1) is 11.1. The Kier molecular flexibility index (Phi) is 5.08. The van der Waals surface area contributed by atoms with E-state index in [1.807, 2.05) is 0 Å². The molecular weight excluding hydrogens is 314 g/mol. The minimum absolute atomic E-state index is 0.256. The van der Waals surface area contributed by atoms with E-state index in [1.54, 1.807) is 18.2 Å². The van der Waals surface area contributed by atoms with Gasteiger partial charge >= 0.3 is 0 Å². The van der Waals surface area contributed by atoms with Gasteiger partial charge in [0.2, 0.25) is 10.0 Å². The van der Waals surface area contributed by atoms with Gasteiger partial charge < -0.3 is 15.8 Å². The van der Waals surface area contributed by atoms with Crippen molar-refractivity contribution in [1.82, 2.24) is 4.31 Å². The molecule has 2 fully saturated rings. The van der Waals surface area contributed by atoms with Gasteiger partial charge in [-0.15, -0.1) is 0 Å². The molecule has 1 saturated carbocycles. The average molecular weight is 339 g/mol. The van der Waals surface area contributed by atoms with Crippen molar-refractivity contribution in [2.75, 3.05) is 37.4 Å². The summed E-state index contributed by atoms with van der Waals surface area (Å²) in [6, 6.07) is 5.44. The highest BCUT2D eigenvalue weighted by molar-refractivity contribution is 7.89. The number of nitrogen functional groups attached to an aromatic ring is 1. The Morgan fingerprint density at radius 3 is 2.48 bits per heavy atom. The van der Waals surface area contributed by atoms with Gasteiger partial charge in [-0.1, -0.05) is 19.3 Å². The molecule has 1 heterocycles. The minimum Gasteiger partial charge on any atom is -0.397 e. The Bertz CT molecular complexity index is 636. The molecule has 1 aromatic rings. The highest BCUT2D eigenvalue weighted by Crippen LogP contribution is 2.28. The quantitative estimate of drug-likeness (QED) is 0.820. The molecule has 0 aromatic heterocycles. The Labute approximate surface area is 138 Å². The number of nitrogens with two attached hydrogens (primary N) is 1. The largest absolute Gasteiger partial charge is 0.397 e. The molecule has 128 valence electrons. The predicted octanol–water partition coefficient (Wildman–Crippen LogP) is 2.03. The Hall–Kier alpha value is -1.31. The molecule has 1 aromatic carbocycles. The third-order valence-electron chi connectivity index (χ3n) is 4.60. The smallest absolute Gasteiger partial charge is 0.243 e. The van der Waals surface area contributed by atoms with Crippen LogP contribution in [0, 0.1) is 0 Å². The first-order valence-corrected chi connectivity index (χ1v) is 9.75. The standard InChI is InChI=1S/C16H25N3O3S/c17-15-12-14(23(20,21)19-8-10-22-11-9-19)6-7-16(15)18-13-4-2-1-3-5-13/h6-7,12-13,18H,1-5,8-11,17H2. The van der Waals surface area contributed by atoms with Gasteiger partial charge in [0, 0.05) is 19.1 Å². The van der Waals surface area contributed by atoms with Crippen molar-refractivity contribution in [3.63, 3.8) is 0 Å². The second-order valence-corrected chi connectivity index (χ2v) is 8.18. The Morgan fingerprint density at radius 1 is 1.13 bits per heavy atom. The summed E-state index contributed by atoms with van der Waals surface area (Å²) < 4.78 is 31.9. The van der Waals surface area contributed by atoms with E-state index in [0.717, 1.165) is 18.5 Å². The topological polar surface area (TPSA) is 84.7 Å². The van der Waals surface area contributed by atoms with Crippen LogP contribution in [-0.2, 0) is 14.8 Å². The van der Waals surface area contributed by atoms with E-state index >= 15 is 0 Å². The van der Waals surface area contributed by atoms with E-state index in [1.165, 1.54) is 23.6 Å². The maximum atomic E-state index is 12.6. The van der Waals surface area contributed by atoms with E-state index < -0.39 is 10.0 Å². The van der Waals surface area contributed by atoms with Crippen molar-refractivity contribution in [2.24, 2.45) is 0 Å². The second kappa shape index (κ2) is 7.07. The van der Waals surface area contributed by atoms with E-state index in [-0.39, 0.29) is 4.90 Å². The highest BCUT2D eigenvalue weighted by atomic mass is 32.2. The van der Waals surface area contributed by atoms with E-state index in [4.69, 9.17) is 10.5 Å². The third-order valence-corrected chi connectivity index (χ3v) is 6.49. The molecule has 0 radical (unpaired) electrons. The second-order valence-electron chi connectivity index (χ2n) is 6.24. The lowest BCUT2D eigenvalue weighted by Crippen LogP contribution is -2.40. The van der Waals surface area contributed by atoms with Crippen molar-refractivity contribution < 1.29 is 13.2 Å². The van der Waals surface area contributed by atoms with Crippen molar-refractivity contribution in [3.8, 4) is 0 Å². The molecule has 2 aliphatic rings. The number of morpholine rings is 1. The summed E-state index contributed by atoms with van der Waals surface area (Å²) in [4.78, 5) is 0.256. The van der Waals surface area contributed by atoms with Crippen LogP contribution in [0.5, 0.6) is 0 Å². The van der Waals surface area contributed by atoms with Gasteiger partial charge in [0.1, 0.15) is 0 Å². The van der Waals surface area contributed by atoms with Crippen molar-refractivity contribution >= 4 is 21.4 Å². The summed E-state index contributed by atoms with van der Waals surface area (Å²) in [6.45, 7) is 1.67. The van der Waals surface area contributed by atoms with Gasteiger partial charge in [-0.05, 0) is 31.0 Å². The molecule has 0 amide bonds. The fourth-order valence-electron chi connectivity index (χ4n) is 3.24. The number of nitrogens with one attached hydrogen (secondary N) is 1. The first-order valence-electron chi connectivity index (χ1n) is 8.31. The van der Waals surface area contributed by atoms with Crippen LogP contribution in [0.3, 0.4) is 0 Å². The summed E-state index contributed by atoms with van der Waals surface area (Å²) in [5, 5.41) is 3.45. The van der Waals surface area contributed by atoms with Crippen LogP contribution < -0.4 is 11.1 Å². The number of hydrogen-bond donors (Lipinski definition) is 2. The zero-order valence-electron chi connectivity index (χ0n) is 13.3. The van der Waals surface area contributed by atoms with Gasteiger partial charge in [0.05, 0.1) is 29.5 Å².